The van der Waals surface area contributed by atoms with Crippen molar-refractivity contribution < 1.29 is 28.9 Å². The minimum absolute atomic E-state index is 0.0310. The zero-order chi connectivity index (χ0) is 23.4. The maximum absolute atomic E-state index is 13.0. The number of hydrogen-bond acceptors (Lipinski definition) is 7. The average Bonchev–Trinajstić information content (AvgIpc) is 3.25. The zero-order valence-electron chi connectivity index (χ0n) is 18.6. The number of phenols is 1. The fraction of sp³-hybridized carbons (Fsp3) is 0.417. The Balaban J connectivity index is 1.50. The molecule has 2 heterocycles. The van der Waals surface area contributed by atoms with Crippen LogP contribution in [-0.4, -0.2) is 61.4 Å². The van der Waals surface area contributed by atoms with E-state index in [1.54, 1.807) is 13.2 Å². The van der Waals surface area contributed by atoms with E-state index < -0.39 is 0 Å². The van der Waals surface area contributed by atoms with Crippen molar-refractivity contribution >= 4 is 11.8 Å². The molecule has 9 nitrogen and oxygen atoms in total. The number of nitrogens with two attached hydrogens (primary N) is 1. The van der Waals surface area contributed by atoms with Gasteiger partial charge in [0.2, 0.25) is 18.6 Å². The summed E-state index contributed by atoms with van der Waals surface area (Å²) in [6.45, 7) is 1.75. The molecule has 2 aliphatic heterocycles. The van der Waals surface area contributed by atoms with Crippen LogP contribution in [0.2, 0.25) is 0 Å². The molecule has 4 rings (SSSR count). The zero-order valence-corrected chi connectivity index (χ0v) is 18.6. The summed E-state index contributed by atoms with van der Waals surface area (Å²) < 4.78 is 16.1. The molecule has 0 bridgehead atoms. The molecule has 0 spiro atoms. The Kier molecular flexibility index (Phi) is 6.88. The van der Waals surface area contributed by atoms with Gasteiger partial charge < -0.3 is 30.4 Å². The predicted molar refractivity (Wildman–Crippen MR) is 120 cm³/mol. The van der Waals surface area contributed by atoms with Gasteiger partial charge in [-0.3, -0.25) is 14.5 Å². The highest BCUT2D eigenvalue weighted by Crippen LogP contribution is 2.43. The van der Waals surface area contributed by atoms with E-state index in [1.807, 2.05) is 29.2 Å². The van der Waals surface area contributed by atoms with Crippen LogP contribution in [0.5, 0.6) is 23.0 Å². The van der Waals surface area contributed by atoms with E-state index in [2.05, 4.69) is 5.32 Å². The highest BCUT2D eigenvalue weighted by atomic mass is 16.7. The van der Waals surface area contributed by atoms with Gasteiger partial charge in [0.25, 0.3) is 0 Å². The number of hydrogen-bond donors (Lipinski definition) is 3. The largest absolute Gasteiger partial charge is 0.508 e. The molecule has 1 fully saturated rings. The van der Waals surface area contributed by atoms with Crippen molar-refractivity contribution in [1.82, 2.24) is 10.2 Å². The molecular weight excluding hydrogens is 426 g/mol. The molecule has 9 heteroatoms. The number of phenolic OH excluding ortho intramolecular Hbond substituents is 1. The van der Waals surface area contributed by atoms with E-state index in [0.29, 0.717) is 35.9 Å². The molecule has 1 atom stereocenters. The first-order valence-electron chi connectivity index (χ1n) is 11.0. The summed E-state index contributed by atoms with van der Waals surface area (Å²) in [6, 6.07) is 10.7. The maximum atomic E-state index is 13.0. The number of fused-ring (bicyclic) bond motifs is 1. The summed E-state index contributed by atoms with van der Waals surface area (Å²) >= 11 is 0. The average molecular weight is 456 g/mol. The van der Waals surface area contributed by atoms with Crippen molar-refractivity contribution in [2.45, 2.75) is 31.2 Å². The van der Waals surface area contributed by atoms with Crippen LogP contribution in [0.15, 0.2) is 36.4 Å². The number of carbonyl (C=O) groups is 2. The quantitative estimate of drug-likeness (QED) is 0.554. The molecule has 0 aliphatic carbocycles. The Morgan fingerprint density at radius 3 is 2.48 bits per heavy atom. The molecular formula is C24H29N3O6. The Bertz CT molecular complexity index is 1000. The Morgan fingerprint density at radius 1 is 1.18 bits per heavy atom. The molecule has 0 radical (unpaired) electrons. The number of ether oxygens (including phenoxy) is 3. The Labute approximate surface area is 192 Å². The third-order valence-corrected chi connectivity index (χ3v) is 6.14. The molecule has 2 amide bonds. The number of rotatable bonds is 8. The second-order valence-corrected chi connectivity index (χ2v) is 8.38. The van der Waals surface area contributed by atoms with E-state index in [4.69, 9.17) is 19.9 Å². The van der Waals surface area contributed by atoms with Crippen LogP contribution in [0.3, 0.4) is 0 Å². The monoisotopic (exact) mass is 455 g/mol. The lowest BCUT2D eigenvalue weighted by molar-refractivity contribution is -0.123. The molecule has 0 aromatic heterocycles. The number of nitrogens with zero attached hydrogens (tertiary/aromatic N) is 1. The smallest absolute Gasteiger partial charge is 0.231 e. The van der Waals surface area contributed by atoms with Crippen molar-refractivity contribution in [3.8, 4) is 23.0 Å². The summed E-state index contributed by atoms with van der Waals surface area (Å²) in [6.07, 6.45) is 1.66. The lowest BCUT2D eigenvalue weighted by atomic mass is 9.87. The number of amides is 2. The molecule has 2 aromatic rings. The first-order chi connectivity index (χ1) is 15.9. The lowest BCUT2D eigenvalue weighted by Crippen LogP contribution is -2.46. The van der Waals surface area contributed by atoms with Gasteiger partial charge in [0.1, 0.15) is 11.5 Å². The number of nitrogens with one attached hydrogen (secondary N) is 1. The first kappa shape index (κ1) is 22.7. The Hall–Kier alpha value is -3.46. The van der Waals surface area contributed by atoms with Crippen molar-refractivity contribution in [3.63, 3.8) is 0 Å². The van der Waals surface area contributed by atoms with Gasteiger partial charge in [0, 0.05) is 43.1 Å². The van der Waals surface area contributed by atoms with Gasteiger partial charge in [-0.15, -0.1) is 0 Å². The molecule has 2 aromatic carbocycles. The van der Waals surface area contributed by atoms with Crippen LogP contribution in [0.1, 0.15) is 36.3 Å². The molecule has 33 heavy (non-hydrogen) atoms. The van der Waals surface area contributed by atoms with Crippen molar-refractivity contribution in [3.05, 3.63) is 47.5 Å². The minimum atomic E-state index is -0.389. The van der Waals surface area contributed by atoms with Crippen LogP contribution < -0.4 is 25.3 Å². The van der Waals surface area contributed by atoms with Gasteiger partial charge in [-0.25, -0.2) is 0 Å². The SMILES string of the molecule is COc1ccc(C(CC(=O)NC2CCN(CC(N)=O)CC2)c2cc3c(cc2O)OCO3)cc1. The van der Waals surface area contributed by atoms with Gasteiger partial charge in [-0.2, -0.15) is 0 Å². The van der Waals surface area contributed by atoms with Gasteiger partial charge in [-0.05, 0) is 36.6 Å². The molecule has 1 unspecified atom stereocenters. The van der Waals surface area contributed by atoms with E-state index in [1.165, 1.54) is 6.07 Å². The van der Waals surface area contributed by atoms with E-state index in [-0.39, 0.29) is 49.3 Å². The van der Waals surface area contributed by atoms with Crippen LogP contribution in [0.25, 0.3) is 0 Å². The van der Waals surface area contributed by atoms with Crippen molar-refractivity contribution in [2.75, 3.05) is 33.5 Å². The van der Waals surface area contributed by atoms with Crippen LogP contribution >= 0.6 is 0 Å². The normalized spacial score (nSPS) is 16.9. The fourth-order valence-electron chi connectivity index (χ4n) is 4.40. The highest BCUT2D eigenvalue weighted by Gasteiger charge is 2.27. The van der Waals surface area contributed by atoms with Crippen LogP contribution in [-0.2, 0) is 9.59 Å². The third-order valence-electron chi connectivity index (χ3n) is 6.14. The van der Waals surface area contributed by atoms with Gasteiger partial charge in [0.15, 0.2) is 11.5 Å². The predicted octanol–water partition coefficient (Wildman–Crippen LogP) is 1.72. The lowest BCUT2D eigenvalue weighted by Gasteiger charge is -2.31. The molecule has 176 valence electrons. The number of benzene rings is 2. The van der Waals surface area contributed by atoms with Crippen molar-refractivity contribution in [2.24, 2.45) is 5.73 Å². The van der Waals surface area contributed by atoms with Gasteiger partial charge in [0.05, 0.1) is 13.7 Å². The minimum Gasteiger partial charge on any atom is -0.508 e. The van der Waals surface area contributed by atoms with Crippen molar-refractivity contribution in [1.29, 1.82) is 0 Å². The van der Waals surface area contributed by atoms with E-state index >= 15 is 0 Å². The fourth-order valence-corrected chi connectivity index (χ4v) is 4.40. The van der Waals surface area contributed by atoms with Crippen LogP contribution in [0.4, 0.5) is 0 Å². The number of piperidine rings is 1. The summed E-state index contributed by atoms with van der Waals surface area (Å²) in [4.78, 5) is 26.2. The molecule has 4 N–H and O–H groups in total. The van der Waals surface area contributed by atoms with E-state index in [0.717, 1.165) is 18.4 Å². The second kappa shape index (κ2) is 9.99. The summed E-state index contributed by atoms with van der Waals surface area (Å²) in [5.74, 6) is 0.942. The maximum Gasteiger partial charge on any atom is 0.231 e. The number of primary amides is 1. The first-order valence-corrected chi connectivity index (χ1v) is 11.0. The number of likely N-dealkylation sites (tertiary alicyclic amines) is 1. The Morgan fingerprint density at radius 2 is 1.85 bits per heavy atom. The number of aromatic hydroxyl groups is 1. The standard InChI is InChI=1S/C24H29N3O6/c1-31-17-4-2-15(3-5-17)18(19-10-21-22(12-20(19)28)33-14-32-21)11-24(30)26-16-6-8-27(9-7-16)13-23(25)29/h2-5,10,12,16,18,28H,6-9,11,13-14H2,1H3,(H2,25,29)(H,26,30). The number of methoxy groups -OCH3 is 1. The molecule has 0 saturated carbocycles. The summed E-state index contributed by atoms with van der Waals surface area (Å²) in [5, 5.41) is 13.8. The molecule has 1 saturated heterocycles. The van der Waals surface area contributed by atoms with E-state index in [9.17, 15) is 14.7 Å². The van der Waals surface area contributed by atoms with Gasteiger partial charge >= 0.3 is 0 Å². The third kappa shape index (κ3) is 5.48. The highest BCUT2D eigenvalue weighted by molar-refractivity contribution is 5.78. The van der Waals surface area contributed by atoms with Crippen LogP contribution in [0, 0.1) is 0 Å². The summed E-state index contributed by atoms with van der Waals surface area (Å²) in [5.41, 5.74) is 6.74. The topological polar surface area (TPSA) is 123 Å². The summed E-state index contributed by atoms with van der Waals surface area (Å²) in [7, 11) is 1.60. The number of carbonyl (C=O) groups excluding carboxylic acids is 2. The van der Waals surface area contributed by atoms with Gasteiger partial charge in [-0.1, -0.05) is 12.1 Å². The second-order valence-electron chi connectivity index (χ2n) is 8.38. The molecule has 2 aliphatic rings.